The molecular formula is C23H28N4O4. The van der Waals surface area contributed by atoms with Gasteiger partial charge in [0, 0.05) is 29.1 Å². The second-order valence-electron chi connectivity index (χ2n) is 8.64. The SMILES string of the molecule is CC1CCC(C(=O)N(c2nn(-c3ccc4[nH]ccc4c3)cc2OC(=O)O)C(C)C)CC1. The fourth-order valence-corrected chi connectivity index (χ4v) is 4.30. The first kappa shape index (κ1) is 21.0. The summed E-state index contributed by atoms with van der Waals surface area (Å²) in [5.41, 5.74) is 1.74. The maximum absolute atomic E-state index is 13.4. The smallest absolute Gasteiger partial charge is 0.449 e. The molecule has 1 saturated carbocycles. The molecule has 2 heterocycles. The highest BCUT2D eigenvalue weighted by Gasteiger charge is 2.34. The second kappa shape index (κ2) is 8.45. The molecule has 0 saturated heterocycles. The van der Waals surface area contributed by atoms with Crippen LogP contribution in [0.3, 0.4) is 0 Å². The third-order valence-electron chi connectivity index (χ3n) is 6.01. The topological polar surface area (TPSA) is 100 Å². The minimum Gasteiger partial charge on any atom is -0.449 e. The molecule has 2 N–H and O–H groups in total. The van der Waals surface area contributed by atoms with Crippen LogP contribution in [-0.4, -0.2) is 38.0 Å². The quantitative estimate of drug-likeness (QED) is 0.563. The van der Waals surface area contributed by atoms with Crippen molar-refractivity contribution in [2.45, 2.75) is 52.5 Å². The monoisotopic (exact) mass is 424 g/mol. The summed E-state index contributed by atoms with van der Waals surface area (Å²) in [5.74, 6) is 0.800. The number of ether oxygens (including phenoxy) is 1. The number of rotatable bonds is 5. The molecule has 2 aromatic heterocycles. The summed E-state index contributed by atoms with van der Waals surface area (Å²) < 4.78 is 6.60. The number of H-pyrrole nitrogens is 1. The van der Waals surface area contributed by atoms with Crippen molar-refractivity contribution >= 4 is 28.8 Å². The van der Waals surface area contributed by atoms with Crippen molar-refractivity contribution in [1.29, 1.82) is 0 Å². The molecule has 1 aliphatic carbocycles. The number of anilines is 1. The zero-order valence-electron chi connectivity index (χ0n) is 18.0. The zero-order chi connectivity index (χ0) is 22.1. The van der Waals surface area contributed by atoms with Crippen LogP contribution < -0.4 is 9.64 Å². The Morgan fingerprint density at radius 3 is 2.65 bits per heavy atom. The number of carbonyl (C=O) groups is 2. The van der Waals surface area contributed by atoms with Crippen molar-refractivity contribution in [3.63, 3.8) is 0 Å². The third kappa shape index (κ3) is 4.28. The molecule has 3 aromatic rings. The van der Waals surface area contributed by atoms with Crippen molar-refractivity contribution < 1.29 is 19.4 Å². The van der Waals surface area contributed by atoms with Crippen molar-refractivity contribution in [3.05, 3.63) is 36.7 Å². The molecule has 8 heteroatoms. The highest BCUT2D eigenvalue weighted by molar-refractivity contribution is 5.96. The van der Waals surface area contributed by atoms with Crippen LogP contribution in [0.15, 0.2) is 36.7 Å². The lowest BCUT2D eigenvalue weighted by Gasteiger charge is -2.32. The fraction of sp³-hybridized carbons (Fsp3) is 0.435. The van der Waals surface area contributed by atoms with Crippen LogP contribution in [0.4, 0.5) is 10.6 Å². The maximum atomic E-state index is 13.4. The van der Waals surface area contributed by atoms with Gasteiger partial charge in [-0.1, -0.05) is 6.92 Å². The van der Waals surface area contributed by atoms with Gasteiger partial charge in [0.05, 0.1) is 11.9 Å². The van der Waals surface area contributed by atoms with Gasteiger partial charge in [0.15, 0.2) is 5.75 Å². The van der Waals surface area contributed by atoms with Crippen LogP contribution in [0.1, 0.15) is 46.5 Å². The van der Waals surface area contributed by atoms with E-state index in [1.165, 1.54) is 6.20 Å². The molecule has 0 bridgehead atoms. The summed E-state index contributed by atoms with van der Waals surface area (Å²) >= 11 is 0. The largest absolute Gasteiger partial charge is 0.511 e. The van der Waals surface area contributed by atoms with Gasteiger partial charge in [0.1, 0.15) is 0 Å². The molecule has 1 amide bonds. The van der Waals surface area contributed by atoms with Crippen molar-refractivity contribution in [1.82, 2.24) is 14.8 Å². The molecule has 8 nitrogen and oxygen atoms in total. The average Bonchev–Trinajstić information content (AvgIpc) is 3.34. The summed E-state index contributed by atoms with van der Waals surface area (Å²) in [7, 11) is 0. The van der Waals surface area contributed by atoms with E-state index in [4.69, 9.17) is 4.74 Å². The Kier molecular flexibility index (Phi) is 5.71. The van der Waals surface area contributed by atoms with E-state index in [2.05, 4.69) is 17.0 Å². The lowest BCUT2D eigenvalue weighted by atomic mass is 9.82. The standard InChI is InChI=1S/C23H28N4O4/c1-14(2)27(22(28)16-6-4-15(3)5-7-16)21-20(31-23(29)30)13-26(25-21)18-8-9-19-17(12-18)10-11-24-19/h8-16,24H,4-7H2,1-3H3,(H,29,30). The lowest BCUT2D eigenvalue weighted by Crippen LogP contribution is -2.42. The van der Waals surface area contributed by atoms with E-state index in [1.54, 1.807) is 9.58 Å². The molecule has 1 aromatic carbocycles. The van der Waals surface area contributed by atoms with Gasteiger partial charge in [-0.05, 0) is 69.7 Å². The number of hydrogen-bond donors (Lipinski definition) is 2. The molecule has 0 aliphatic heterocycles. The second-order valence-corrected chi connectivity index (χ2v) is 8.64. The van der Waals surface area contributed by atoms with Gasteiger partial charge in [-0.15, -0.1) is 5.10 Å². The summed E-state index contributed by atoms with van der Waals surface area (Å²) in [6, 6.07) is 7.50. The predicted molar refractivity (Wildman–Crippen MR) is 118 cm³/mol. The Balaban J connectivity index is 1.73. The predicted octanol–water partition coefficient (Wildman–Crippen LogP) is 4.98. The molecule has 164 valence electrons. The van der Waals surface area contributed by atoms with Gasteiger partial charge in [-0.2, -0.15) is 0 Å². The third-order valence-corrected chi connectivity index (χ3v) is 6.01. The van der Waals surface area contributed by atoms with Crippen LogP contribution in [0.25, 0.3) is 16.6 Å². The van der Waals surface area contributed by atoms with Gasteiger partial charge in [-0.25, -0.2) is 9.48 Å². The number of nitrogens with zero attached hydrogens (tertiary/aromatic N) is 3. The van der Waals surface area contributed by atoms with Crippen LogP contribution >= 0.6 is 0 Å². The fourth-order valence-electron chi connectivity index (χ4n) is 4.30. The van der Waals surface area contributed by atoms with E-state index >= 15 is 0 Å². The molecule has 31 heavy (non-hydrogen) atoms. The number of carboxylic acid groups (broad SMARTS) is 1. The summed E-state index contributed by atoms with van der Waals surface area (Å²) in [5, 5.41) is 14.9. The van der Waals surface area contributed by atoms with Crippen molar-refractivity contribution in [2.75, 3.05) is 4.90 Å². The Morgan fingerprint density at radius 1 is 1.23 bits per heavy atom. The molecule has 1 fully saturated rings. The number of aromatic amines is 1. The Hall–Kier alpha value is -3.29. The van der Waals surface area contributed by atoms with Crippen molar-refractivity contribution in [3.8, 4) is 11.4 Å². The summed E-state index contributed by atoms with van der Waals surface area (Å²) in [6.45, 7) is 6.01. The Bertz CT molecular complexity index is 1090. The molecule has 0 atom stereocenters. The number of nitrogens with one attached hydrogen (secondary N) is 1. The summed E-state index contributed by atoms with van der Waals surface area (Å²) in [6.07, 6.45) is 5.64. The van der Waals surface area contributed by atoms with E-state index in [0.717, 1.165) is 42.3 Å². The zero-order valence-corrected chi connectivity index (χ0v) is 18.0. The number of amides is 1. The Morgan fingerprint density at radius 2 is 1.97 bits per heavy atom. The average molecular weight is 425 g/mol. The van der Waals surface area contributed by atoms with Crippen LogP contribution in [0.2, 0.25) is 0 Å². The maximum Gasteiger partial charge on any atom is 0.511 e. The molecular weight excluding hydrogens is 396 g/mol. The van der Waals surface area contributed by atoms with Gasteiger partial charge in [0.2, 0.25) is 11.7 Å². The van der Waals surface area contributed by atoms with E-state index in [-0.39, 0.29) is 29.4 Å². The first-order chi connectivity index (χ1) is 14.8. The lowest BCUT2D eigenvalue weighted by molar-refractivity contribution is -0.124. The van der Waals surface area contributed by atoms with Crippen LogP contribution in [-0.2, 0) is 4.79 Å². The van der Waals surface area contributed by atoms with Gasteiger partial charge >= 0.3 is 6.16 Å². The number of carbonyl (C=O) groups excluding carboxylic acids is 1. The molecule has 0 unspecified atom stereocenters. The summed E-state index contributed by atoms with van der Waals surface area (Å²) in [4.78, 5) is 29.5. The van der Waals surface area contributed by atoms with E-state index in [9.17, 15) is 14.7 Å². The van der Waals surface area contributed by atoms with E-state index in [1.807, 2.05) is 44.3 Å². The first-order valence-electron chi connectivity index (χ1n) is 10.7. The minimum absolute atomic E-state index is 0.0246. The van der Waals surface area contributed by atoms with Gasteiger partial charge < -0.3 is 14.8 Å². The number of hydrogen-bond acceptors (Lipinski definition) is 4. The number of benzene rings is 1. The number of aromatic nitrogens is 3. The molecule has 4 rings (SSSR count). The molecule has 0 spiro atoms. The van der Waals surface area contributed by atoms with Gasteiger partial charge in [-0.3, -0.25) is 9.69 Å². The minimum atomic E-state index is -1.44. The molecule has 1 aliphatic rings. The Labute approximate surface area is 180 Å². The van der Waals surface area contributed by atoms with Crippen LogP contribution in [0, 0.1) is 11.8 Å². The van der Waals surface area contributed by atoms with Crippen molar-refractivity contribution in [2.24, 2.45) is 11.8 Å². The normalized spacial score (nSPS) is 19.0. The number of fused-ring (bicyclic) bond motifs is 1. The molecule has 0 radical (unpaired) electrons. The highest BCUT2D eigenvalue weighted by Crippen LogP contribution is 2.35. The van der Waals surface area contributed by atoms with E-state index in [0.29, 0.717) is 5.92 Å². The highest BCUT2D eigenvalue weighted by atomic mass is 16.7. The van der Waals surface area contributed by atoms with E-state index < -0.39 is 6.16 Å². The first-order valence-corrected chi connectivity index (χ1v) is 10.7. The van der Waals surface area contributed by atoms with Crippen LogP contribution in [0.5, 0.6) is 5.75 Å². The van der Waals surface area contributed by atoms with Gasteiger partial charge in [0.25, 0.3) is 0 Å².